The Balaban J connectivity index is 2.28. The van der Waals surface area contributed by atoms with Crippen LogP contribution in [-0.4, -0.2) is 25.8 Å². The van der Waals surface area contributed by atoms with Crippen molar-refractivity contribution in [2.75, 3.05) is 13.7 Å². The molecule has 0 amide bonds. The van der Waals surface area contributed by atoms with Gasteiger partial charge >= 0.3 is 0 Å². The third-order valence-corrected chi connectivity index (χ3v) is 3.09. The SMILES string of the molecule is COC1CC(NCCC#N)C1(C)C. The van der Waals surface area contributed by atoms with Gasteiger partial charge in [0, 0.05) is 31.5 Å². The lowest BCUT2D eigenvalue weighted by atomic mass is 9.64. The van der Waals surface area contributed by atoms with Crippen LogP contribution in [0.25, 0.3) is 0 Å². The Morgan fingerprint density at radius 3 is 2.77 bits per heavy atom. The van der Waals surface area contributed by atoms with E-state index in [1.165, 1.54) is 0 Å². The minimum atomic E-state index is 0.213. The smallest absolute Gasteiger partial charge is 0.0652 e. The lowest BCUT2D eigenvalue weighted by molar-refractivity contribution is -0.0970. The standard InChI is InChI=1S/C10H18N2O/c1-10(2)8(7-9(10)13-3)12-6-4-5-11/h8-9,12H,4,6-7H2,1-3H3. The molecule has 0 aromatic heterocycles. The molecule has 1 aliphatic rings. The van der Waals surface area contributed by atoms with Gasteiger partial charge in [-0.05, 0) is 6.42 Å². The predicted octanol–water partition coefficient (Wildman–Crippen LogP) is 1.30. The van der Waals surface area contributed by atoms with Gasteiger partial charge < -0.3 is 10.1 Å². The number of methoxy groups -OCH3 is 1. The average molecular weight is 182 g/mol. The molecule has 0 radical (unpaired) electrons. The molecule has 2 atom stereocenters. The van der Waals surface area contributed by atoms with Crippen molar-refractivity contribution in [3.63, 3.8) is 0 Å². The fourth-order valence-corrected chi connectivity index (χ4v) is 1.93. The fourth-order valence-electron chi connectivity index (χ4n) is 1.93. The zero-order valence-corrected chi connectivity index (χ0v) is 8.63. The van der Waals surface area contributed by atoms with Crippen molar-refractivity contribution in [3.8, 4) is 6.07 Å². The second-order valence-electron chi connectivity index (χ2n) is 4.20. The molecule has 1 saturated carbocycles. The maximum atomic E-state index is 8.38. The highest BCUT2D eigenvalue weighted by Gasteiger charge is 2.47. The summed E-state index contributed by atoms with van der Waals surface area (Å²) in [6, 6.07) is 2.64. The lowest BCUT2D eigenvalue weighted by Crippen LogP contribution is -2.60. The van der Waals surface area contributed by atoms with Crippen molar-refractivity contribution in [2.45, 2.75) is 38.8 Å². The zero-order chi connectivity index (χ0) is 9.90. The molecular formula is C10H18N2O. The molecule has 3 nitrogen and oxygen atoms in total. The molecule has 1 rings (SSSR count). The third kappa shape index (κ3) is 2.01. The van der Waals surface area contributed by atoms with Gasteiger partial charge in [0.2, 0.25) is 0 Å². The van der Waals surface area contributed by atoms with Crippen LogP contribution >= 0.6 is 0 Å². The van der Waals surface area contributed by atoms with Crippen LogP contribution in [0.1, 0.15) is 26.7 Å². The Labute approximate surface area is 80.1 Å². The Bertz CT molecular complexity index is 207. The van der Waals surface area contributed by atoms with Gasteiger partial charge in [0.1, 0.15) is 0 Å². The summed E-state index contributed by atoms with van der Waals surface area (Å²) in [5.74, 6) is 0. The van der Waals surface area contributed by atoms with Crippen LogP contribution in [0.5, 0.6) is 0 Å². The Morgan fingerprint density at radius 1 is 1.62 bits per heavy atom. The Morgan fingerprint density at radius 2 is 2.31 bits per heavy atom. The molecule has 0 bridgehead atoms. The van der Waals surface area contributed by atoms with Gasteiger partial charge in [0.25, 0.3) is 0 Å². The fraction of sp³-hybridized carbons (Fsp3) is 0.900. The highest BCUT2D eigenvalue weighted by atomic mass is 16.5. The Kier molecular flexibility index (Phi) is 3.29. The molecule has 0 aliphatic heterocycles. The third-order valence-electron chi connectivity index (χ3n) is 3.09. The quantitative estimate of drug-likeness (QED) is 0.667. The van der Waals surface area contributed by atoms with E-state index in [4.69, 9.17) is 10.00 Å². The topological polar surface area (TPSA) is 45.0 Å². The number of hydrogen-bond acceptors (Lipinski definition) is 3. The maximum absolute atomic E-state index is 8.38. The summed E-state index contributed by atoms with van der Waals surface area (Å²) < 4.78 is 5.33. The molecule has 2 unspecified atom stereocenters. The minimum Gasteiger partial charge on any atom is -0.381 e. The molecule has 0 aromatic rings. The summed E-state index contributed by atoms with van der Waals surface area (Å²) in [4.78, 5) is 0. The molecule has 0 spiro atoms. The van der Waals surface area contributed by atoms with E-state index in [2.05, 4.69) is 25.2 Å². The average Bonchev–Trinajstić information content (AvgIpc) is 2.10. The number of nitrogens with zero attached hydrogens (tertiary/aromatic N) is 1. The van der Waals surface area contributed by atoms with Crippen LogP contribution < -0.4 is 5.32 Å². The summed E-state index contributed by atoms with van der Waals surface area (Å²) >= 11 is 0. The van der Waals surface area contributed by atoms with Crippen molar-refractivity contribution in [1.29, 1.82) is 5.26 Å². The summed E-state index contributed by atoms with van der Waals surface area (Å²) in [7, 11) is 1.76. The molecule has 13 heavy (non-hydrogen) atoms. The van der Waals surface area contributed by atoms with Crippen molar-refractivity contribution in [2.24, 2.45) is 5.41 Å². The number of nitriles is 1. The predicted molar refractivity (Wildman–Crippen MR) is 51.2 cm³/mol. The molecular weight excluding hydrogens is 164 g/mol. The first-order valence-electron chi connectivity index (χ1n) is 4.76. The number of hydrogen-bond donors (Lipinski definition) is 1. The first kappa shape index (κ1) is 10.5. The monoisotopic (exact) mass is 182 g/mol. The largest absolute Gasteiger partial charge is 0.381 e. The van der Waals surface area contributed by atoms with Gasteiger partial charge in [-0.25, -0.2) is 0 Å². The van der Waals surface area contributed by atoms with Crippen LogP contribution in [0.4, 0.5) is 0 Å². The van der Waals surface area contributed by atoms with Gasteiger partial charge in [-0.15, -0.1) is 0 Å². The van der Waals surface area contributed by atoms with Crippen molar-refractivity contribution >= 4 is 0 Å². The van der Waals surface area contributed by atoms with Crippen LogP contribution in [-0.2, 0) is 4.74 Å². The van der Waals surface area contributed by atoms with Crippen molar-refractivity contribution in [3.05, 3.63) is 0 Å². The van der Waals surface area contributed by atoms with Gasteiger partial charge in [0.15, 0.2) is 0 Å². The molecule has 0 heterocycles. The van der Waals surface area contributed by atoms with Gasteiger partial charge in [-0.1, -0.05) is 13.8 Å². The van der Waals surface area contributed by atoms with Gasteiger partial charge in [0.05, 0.1) is 12.2 Å². The first-order valence-corrected chi connectivity index (χ1v) is 4.76. The first-order chi connectivity index (χ1) is 6.12. The van der Waals surface area contributed by atoms with E-state index in [0.717, 1.165) is 13.0 Å². The summed E-state index contributed by atoms with van der Waals surface area (Å²) in [5, 5.41) is 11.8. The van der Waals surface area contributed by atoms with Crippen LogP contribution in [0, 0.1) is 16.7 Å². The highest BCUT2D eigenvalue weighted by molar-refractivity contribution is 5.02. The molecule has 0 saturated heterocycles. The normalized spacial score (nSPS) is 30.6. The second kappa shape index (κ2) is 4.08. The maximum Gasteiger partial charge on any atom is 0.0652 e. The summed E-state index contributed by atoms with van der Waals surface area (Å²) in [6.07, 6.45) is 2.02. The highest BCUT2D eigenvalue weighted by Crippen LogP contribution is 2.42. The zero-order valence-electron chi connectivity index (χ0n) is 8.63. The van der Waals surface area contributed by atoms with E-state index in [-0.39, 0.29) is 5.41 Å². The summed E-state index contributed by atoms with van der Waals surface area (Å²) in [6.45, 7) is 5.20. The van der Waals surface area contributed by atoms with Crippen molar-refractivity contribution in [1.82, 2.24) is 5.32 Å². The number of rotatable bonds is 4. The van der Waals surface area contributed by atoms with Crippen LogP contribution in [0.3, 0.4) is 0 Å². The van der Waals surface area contributed by atoms with Gasteiger partial charge in [-0.2, -0.15) is 5.26 Å². The Hall–Kier alpha value is -0.590. The molecule has 3 heteroatoms. The van der Waals surface area contributed by atoms with Gasteiger partial charge in [-0.3, -0.25) is 0 Å². The molecule has 1 N–H and O–H groups in total. The second-order valence-corrected chi connectivity index (χ2v) is 4.20. The molecule has 0 aromatic carbocycles. The van der Waals surface area contributed by atoms with E-state index in [9.17, 15) is 0 Å². The van der Waals surface area contributed by atoms with Crippen LogP contribution in [0.2, 0.25) is 0 Å². The van der Waals surface area contributed by atoms with E-state index in [0.29, 0.717) is 18.6 Å². The lowest BCUT2D eigenvalue weighted by Gasteiger charge is -2.51. The van der Waals surface area contributed by atoms with E-state index >= 15 is 0 Å². The van der Waals surface area contributed by atoms with E-state index in [1.807, 2.05) is 0 Å². The minimum absolute atomic E-state index is 0.213. The molecule has 1 aliphatic carbocycles. The molecule has 1 fully saturated rings. The van der Waals surface area contributed by atoms with E-state index < -0.39 is 0 Å². The van der Waals surface area contributed by atoms with E-state index in [1.54, 1.807) is 7.11 Å². The number of ether oxygens (including phenoxy) is 1. The van der Waals surface area contributed by atoms with Crippen LogP contribution in [0.15, 0.2) is 0 Å². The van der Waals surface area contributed by atoms with Crippen molar-refractivity contribution < 1.29 is 4.74 Å². The molecule has 74 valence electrons. The summed E-state index contributed by atoms with van der Waals surface area (Å²) in [5.41, 5.74) is 0.213. The number of nitrogens with one attached hydrogen (secondary N) is 1.